The molecule has 1 heterocycles. The van der Waals surface area contributed by atoms with Crippen LogP contribution in [0.3, 0.4) is 0 Å². The van der Waals surface area contributed by atoms with Gasteiger partial charge >= 0.3 is 0 Å². The van der Waals surface area contributed by atoms with Crippen LogP contribution in [-0.2, 0) is 4.79 Å². The quantitative estimate of drug-likeness (QED) is 0.883. The number of ether oxygens (including phenoxy) is 1. The SMILES string of the molecule is COc1cc(C)ccc1C(=O)NC1CCN(C)C1=O. The van der Waals surface area contributed by atoms with E-state index in [1.807, 2.05) is 13.0 Å². The molecule has 2 amide bonds. The lowest BCUT2D eigenvalue weighted by Crippen LogP contribution is -2.40. The molecule has 0 bridgehead atoms. The van der Waals surface area contributed by atoms with E-state index in [4.69, 9.17) is 4.74 Å². The van der Waals surface area contributed by atoms with Crippen LogP contribution < -0.4 is 10.1 Å². The van der Waals surface area contributed by atoms with Crippen molar-refractivity contribution in [2.75, 3.05) is 20.7 Å². The first-order valence-corrected chi connectivity index (χ1v) is 6.23. The number of hydrogen-bond donors (Lipinski definition) is 1. The zero-order chi connectivity index (χ0) is 14.0. The Labute approximate surface area is 112 Å². The topological polar surface area (TPSA) is 58.6 Å². The van der Waals surface area contributed by atoms with Gasteiger partial charge < -0.3 is 15.0 Å². The Morgan fingerprint density at radius 1 is 1.47 bits per heavy atom. The molecule has 0 saturated carbocycles. The molecule has 1 fully saturated rings. The molecule has 0 spiro atoms. The van der Waals surface area contributed by atoms with Crippen molar-refractivity contribution in [3.05, 3.63) is 29.3 Å². The van der Waals surface area contributed by atoms with Crippen LogP contribution in [0.2, 0.25) is 0 Å². The fourth-order valence-corrected chi connectivity index (χ4v) is 2.18. The zero-order valence-electron chi connectivity index (χ0n) is 11.4. The molecule has 0 aliphatic carbocycles. The molecule has 5 heteroatoms. The summed E-state index contributed by atoms with van der Waals surface area (Å²) in [6.07, 6.45) is 0.648. The summed E-state index contributed by atoms with van der Waals surface area (Å²) in [5, 5.41) is 2.76. The Bertz CT molecular complexity index is 513. The highest BCUT2D eigenvalue weighted by atomic mass is 16.5. The second-order valence-corrected chi connectivity index (χ2v) is 4.78. The largest absolute Gasteiger partial charge is 0.496 e. The number of methoxy groups -OCH3 is 1. The van der Waals surface area contributed by atoms with Gasteiger partial charge in [-0.1, -0.05) is 6.07 Å². The van der Waals surface area contributed by atoms with Gasteiger partial charge in [0.25, 0.3) is 5.91 Å². The highest BCUT2D eigenvalue weighted by Crippen LogP contribution is 2.20. The number of hydrogen-bond acceptors (Lipinski definition) is 3. The monoisotopic (exact) mass is 262 g/mol. The van der Waals surface area contributed by atoms with Crippen molar-refractivity contribution in [3.8, 4) is 5.75 Å². The van der Waals surface area contributed by atoms with Crippen molar-refractivity contribution in [1.82, 2.24) is 10.2 Å². The number of aryl methyl sites for hydroxylation is 1. The standard InChI is InChI=1S/C14H18N2O3/c1-9-4-5-10(12(8-9)19-3)13(17)15-11-6-7-16(2)14(11)18/h4-5,8,11H,6-7H2,1-3H3,(H,15,17). The molecule has 1 aliphatic rings. The van der Waals surface area contributed by atoms with Crippen molar-refractivity contribution >= 4 is 11.8 Å². The molecule has 1 saturated heterocycles. The lowest BCUT2D eigenvalue weighted by molar-refractivity contribution is -0.128. The summed E-state index contributed by atoms with van der Waals surface area (Å²) in [5.74, 6) is 0.209. The summed E-state index contributed by atoms with van der Waals surface area (Å²) < 4.78 is 5.20. The van der Waals surface area contributed by atoms with Crippen LogP contribution in [0.4, 0.5) is 0 Å². The molecule has 0 aromatic heterocycles. The molecule has 1 aliphatic heterocycles. The predicted octanol–water partition coefficient (Wildman–Crippen LogP) is 0.964. The molecular formula is C14H18N2O3. The molecule has 1 aromatic rings. The summed E-state index contributed by atoms with van der Waals surface area (Å²) in [6.45, 7) is 2.61. The van der Waals surface area contributed by atoms with E-state index in [0.717, 1.165) is 5.56 Å². The smallest absolute Gasteiger partial charge is 0.255 e. The Morgan fingerprint density at radius 2 is 2.21 bits per heavy atom. The second kappa shape index (κ2) is 5.30. The third kappa shape index (κ3) is 2.70. The molecule has 1 aromatic carbocycles. The number of nitrogens with zero attached hydrogens (tertiary/aromatic N) is 1. The molecular weight excluding hydrogens is 244 g/mol. The van der Waals surface area contributed by atoms with E-state index in [-0.39, 0.29) is 11.8 Å². The molecule has 0 radical (unpaired) electrons. The summed E-state index contributed by atoms with van der Waals surface area (Å²) >= 11 is 0. The zero-order valence-corrected chi connectivity index (χ0v) is 11.4. The minimum Gasteiger partial charge on any atom is -0.496 e. The van der Waals surface area contributed by atoms with Gasteiger partial charge in [-0.3, -0.25) is 9.59 Å². The van der Waals surface area contributed by atoms with Gasteiger partial charge in [0.1, 0.15) is 11.8 Å². The first-order chi connectivity index (χ1) is 9.02. The highest BCUT2D eigenvalue weighted by molar-refractivity contribution is 6.00. The van der Waals surface area contributed by atoms with Crippen LogP contribution >= 0.6 is 0 Å². The molecule has 19 heavy (non-hydrogen) atoms. The van der Waals surface area contributed by atoms with Crippen LogP contribution in [0.15, 0.2) is 18.2 Å². The molecule has 1 unspecified atom stereocenters. The minimum atomic E-state index is -0.427. The normalized spacial score (nSPS) is 18.6. The van der Waals surface area contributed by atoms with Gasteiger partial charge in [-0.2, -0.15) is 0 Å². The maximum absolute atomic E-state index is 12.2. The molecule has 1 atom stereocenters. The van der Waals surface area contributed by atoms with Crippen LogP contribution in [0, 0.1) is 6.92 Å². The van der Waals surface area contributed by atoms with Gasteiger partial charge in [-0.15, -0.1) is 0 Å². The molecule has 102 valence electrons. The number of rotatable bonds is 3. The Kier molecular flexibility index (Phi) is 3.74. The molecule has 2 rings (SSSR count). The van der Waals surface area contributed by atoms with E-state index < -0.39 is 6.04 Å². The summed E-state index contributed by atoms with van der Waals surface area (Å²) in [6, 6.07) is 4.94. The van der Waals surface area contributed by atoms with Crippen molar-refractivity contribution < 1.29 is 14.3 Å². The number of likely N-dealkylation sites (tertiary alicyclic amines) is 1. The van der Waals surface area contributed by atoms with Crippen molar-refractivity contribution in [3.63, 3.8) is 0 Å². The van der Waals surface area contributed by atoms with Crippen molar-refractivity contribution in [1.29, 1.82) is 0 Å². The lowest BCUT2D eigenvalue weighted by atomic mass is 10.1. The average Bonchev–Trinajstić information content (AvgIpc) is 2.70. The van der Waals surface area contributed by atoms with Crippen LogP contribution in [0.1, 0.15) is 22.3 Å². The maximum atomic E-state index is 12.2. The van der Waals surface area contributed by atoms with Crippen LogP contribution in [-0.4, -0.2) is 43.5 Å². The molecule has 1 N–H and O–H groups in total. The van der Waals surface area contributed by atoms with Gasteiger partial charge in [0.05, 0.1) is 12.7 Å². The van der Waals surface area contributed by atoms with Gasteiger partial charge in [0.15, 0.2) is 0 Å². The Morgan fingerprint density at radius 3 is 2.79 bits per heavy atom. The number of nitrogens with one attached hydrogen (secondary N) is 1. The van der Waals surface area contributed by atoms with E-state index in [0.29, 0.717) is 24.3 Å². The van der Waals surface area contributed by atoms with E-state index in [1.54, 1.807) is 24.1 Å². The van der Waals surface area contributed by atoms with Crippen LogP contribution in [0.25, 0.3) is 0 Å². The van der Waals surface area contributed by atoms with Gasteiger partial charge in [-0.05, 0) is 31.0 Å². The second-order valence-electron chi connectivity index (χ2n) is 4.78. The van der Waals surface area contributed by atoms with E-state index in [1.165, 1.54) is 7.11 Å². The van der Waals surface area contributed by atoms with E-state index in [2.05, 4.69) is 5.32 Å². The Hall–Kier alpha value is -2.04. The maximum Gasteiger partial charge on any atom is 0.255 e. The Balaban J connectivity index is 2.14. The number of carbonyl (C=O) groups is 2. The van der Waals surface area contributed by atoms with Gasteiger partial charge in [-0.25, -0.2) is 0 Å². The van der Waals surface area contributed by atoms with Crippen molar-refractivity contribution in [2.24, 2.45) is 0 Å². The number of benzene rings is 1. The number of carbonyl (C=O) groups excluding carboxylic acids is 2. The van der Waals surface area contributed by atoms with Gasteiger partial charge in [0.2, 0.25) is 5.91 Å². The van der Waals surface area contributed by atoms with Gasteiger partial charge in [0, 0.05) is 13.6 Å². The fraction of sp³-hybridized carbons (Fsp3) is 0.429. The fourth-order valence-electron chi connectivity index (χ4n) is 2.18. The first kappa shape index (κ1) is 13.4. The lowest BCUT2D eigenvalue weighted by Gasteiger charge is -2.14. The first-order valence-electron chi connectivity index (χ1n) is 6.23. The van der Waals surface area contributed by atoms with E-state index in [9.17, 15) is 9.59 Å². The van der Waals surface area contributed by atoms with E-state index >= 15 is 0 Å². The summed E-state index contributed by atoms with van der Waals surface area (Å²) in [4.78, 5) is 25.6. The highest BCUT2D eigenvalue weighted by Gasteiger charge is 2.30. The minimum absolute atomic E-state index is 0.0422. The van der Waals surface area contributed by atoms with Crippen molar-refractivity contribution in [2.45, 2.75) is 19.4 Å². The average molecular weight is 262 g/mol. The van der Waals surface area contributed by atoms with Crippen LogP contribution in [0.5, 0.6) is 5.75 Å². The number of amides is 2. The number of likely N-dealkylation sites (N-methyl/N-ethyl adjacent to an activating group) is 1. The summed E-state index contributed by atoms with van der Waals surface area (Å²) in [5.41, 5.74) is 1.47. The predicted molar refractivity (Wildman–Crippen MR) is 71.2 cm³/mol. The summed E-state index contributed by atoms with van der Waals surface area (Å²) in [7, 11) is 3.26. The third-order valence-corrected chi connectivity index (χ3v) is 3.33. The third-order valence-electron chi connectivity index (χ3n) is 3.33. The molecule has 5 nitrogen and oxygen atoms in total.